The van der Waals surface area contributed by atoms with Crippen molar-refractivity contribution >= 4 is 5.96 Å². The highest BCUT2D eigenvalue weighted by molar-refractivity contribution is 5.83. The van der Waals surface area contributed by atoms with E-state index >= 15 is 0 Å². The normalized spacial score (nSPS) is 15.0. The fourth-order valence-corrected chi connectivity index (χ4v) is 1.94. The van der Waals surface area contributed by atoms with Gasteiger partial charge in [-0.1, -0.05) is 13.3 Å². The fraction of sp³-hybridized carbons (Fsp3) is 0.867. The smallest absolute Gasteiger partial charge is 0.196 e. The molecule has 0 amide bonds. The van der Waals surface area contributed by atoms with Crippen molar-refractivity contribution in [1.29, 1.82) is 5.26 Å². The number of nitrogens with two attached hydrogens (primary N) is 1. The van der Waals surface area contributed by atoms with Crippen molar-refractivity contribution in [2.75, 3.05) is 67.0 Å². The Kier molecular flexibility index (Phi) is 12.3. The van der Waals surface area contributed by atoms with E-state index < -0.39 is 0 Å². The molecule has 0 radical (unpaired) electrons. The molecule has 0 atom stereocenters. The van der Waals surface area contributed by atoms with Crippen LogP contribution in [-0.2, 0) is 0 Å². The van der Waals surface area contributed by atoms with Gasteiger partial charge in [0.05, 0.1) is 6.54 Å². The van der Waals surface area contributed by atoms with E-state index in [1.165, 1.54) is 30.2 Å². The minimum Gasteiger partial charge on any atom is -0.344 e. The molecular weight excluding hydrogens is 278 g/mol. The molecule has 1 saturated heterocycles. The number of hydrogen-bond donors (Lipinski definition) is 2. The first-order valence-electron chi connectivity index (χ1n) is 8.05. The lowest BCUT2D eigenvalue weighted by Gasteiger charge is -2.11. The van der Waals surface area contributed by atoms with Gasteiger partial charge in [0.2, 0.25) is 0 Å². The molecule has 2 rings (SSSR count). The van der Waals surface area contributed by atoms with Crippen LogP contribution in [0.2, 0.25) is 0 Å². The summed E-state index contributed by atoms with van der Waals surface area (Å²) in [5, 5.41) is 11.0. The van der Waals surface area contributed by atoms with Crippen LogP contribution in [0.25, 0.3) is 0 Å². The average molecular weight is 311 g/mol. The maximum Gasteiger partial charge on any atom is 0.196 e. The molecule has 128 valence electrons. The topological polar surface area (TPSA) is 83.9 Å². The number of nitriles is 1. The molecule has 2 aliphatic heterocycles. The van der Waals surface area contributed by atoms with Gasteiger partial charge in [0.25, 0.3) is 0 Å². The second-order valence-corrected chi connectivity index (χ2v) is 5.48. The van der Waals surface area contributed by atoms with E-state index in [1.54, 1.807) is 14.1 Å². The third-order valence-electron chi connectivity index (χ3n) is 3.18. The van der Waals surface area contributed by atoms with Crippen LogP contribution in [0.5, 0.6) is 0 Å². The number of nitrogens with one attached hydrogen (secondary N) is 1. The van der Waals surface area contributed by atoms with Crippen LogP contribution in [0.15, 0.2) is 4.99 Å². The lowest BCUT2D eigenvalue weighted by Crippen LogP contribution is -2.26. The van der Waals surface area contributed by atoms with Gasteiger partial charge in [-0.2, -0.15) is 5.26 Å². The van der Waals surface area contributed by atoms with E-state index in [0.717, 1.165) is 39.3 Å². The molecule has 0 aromatic rings. The third kappa shape index (κ3) is 9.42. The fourth-order valence-electron chi connectivity index (χ4n) is 1.94. The molecule has 1 fully saturated rings. The summed E-state index contributed by atoms with van der Waals surface area (Å²) >= 11 is 0. The van der Waals surface area contributed by atoms with Gasteiger partial charge in [-0.25, -0.2) is 0 Å². The highest BCUT2D eigenvalue weighted by Gasteiger charge is 2.25. The molecule has 0 spiro atoms. The van der Waals surface area contributed by atoms with Crippen molar-refractivity contribution in [3.8, 4) is 6.19 Å². The predicted octanol–water partition coefficient (Wildman–Crippen LogP) is -0.0327. The minimum atomic E-state index is 0.754. The van der Waals surface area contributed by atoms with Gasteiger partial charge in [0.15, 0.2) is 12.2 Å². The molecule has 22 heavy (non-hydrogen) atoms. The SMILES string of the molecule is CCCCNCCN.CN(C)C#N.CN1CCN2CCN=C12. The molecular formula is C15H33N7. The van der Waals surface area contributed by atoms with Gasteiger partial charge in [-0.05, 0) is 13.0 Å². The number of fused-ring (bicyclic) bond motifs is 1. The summed E-state index contributed by atoms with van der Waals surface area (Å²) in [6.45, 7) is 9.48. The lowest BCUT2D eigenvalue weighted by atomic mass is 10.3. The summed E-state index contributed by atoms with van der Waals surface area (Å²) in [7, 11) is 5.49. The zero-order valence-corrected chi connectivity index (χ0v) is 14.7. The third-order valence-corrected chi connectivity index (χ3v) is 3.18. The van der Waals surface area contributed by atoms with Crippen LogP contribution in [-0.4, -0.2) is 87.6 Å². The zero-order valence-electron chi connectivity index (χ0n) is 14.7. The van der Waals surface area contributed by atoms with Crippen molar-refractivity contribution in [3.63, 3.8) is 0 Å². The Bertz CT molecular complexity index is 329. The Morgan fingerprint density at radius 3 is 2.50 bits per heavy atom. The van der Waals surface area contributed by atoms with Gasteiger partial charge >= 0.3 is 0 Å². The summed E-state index contributed by atoms with van der Waals surface area (Å²) in [6.07, 6.45) is 4.39. The number of unbranched alkanes of at least 4 members (excludes halogenated alkanes) is 1. The van der Waals surface area contributed by atoms with Crippen LogP contribution in [0.1, 0.15) is 19.8 Å². The first-order valence-corrected chi connectivity index (χ1v) is 8.05. The molecule has 2 aliphatic rings. The zero-order chi connectivity index (χ0) is 16.8. The number of rotatable bonds is 5. The lowest BCUT2D eigenvalue weighted by molar-refractivity contribution is 0.498. The second-order valence-electron chi connectivity index (χ2n) is 5.48. The molecule has 0 aromatic carbocycles. The van der Waals surface area contributed by atoms with E-state index in [-0.39, 0.29) is 0 Å². The van der Waals surface area contributed by atoms with Gasteiger partial charge in [-0.3, -0.25) is 4.99 Å². The monoisotopic (exact) mass is 311 g/mol. The first-order chi connectivity index (χ1) is 10.6. The molecule has 0 aliphatic carbocycles. The van der Waals surface area contributed by atoms with Gasteiger partial charge in [0, 0.05) is 53.9 Å². The van der Waals surface area contributed by atoms with Gasteiger partial charge < -0.3 is 25.8 Å². The molecule has 7 heteroatoms. The Labute approximate surface area is 135 Å². The van der Waals surface area contributed by atoms with E-state index in [0.29, 0.717) is 0 Å². The standard InChI is InChI=1S/C6H11N3.C6H16N2.C3H6N2/c1-8-4-5-9-3-2-7-6(8)9;1-2-3-5-8-6-4-7;1-5(2)3-4/h2-5H2,1H3;8H,2-7H2,1H3;1-2H3. The molecule has 0 bridgehead atoms. The summed E-state index contributed by atoms with van der Waals surface area (Å²) in [5.41, 5.74) is 5.25. The van der Waals surface area contributed by atoms with Gasteiger partial charge in [-0.15, -0.1) is 0 Å². The quantitative estimate of drug-likeness (QED) is 0.421. The van der Waals surface area contributed by atoms with Crippen molar-refractivity contribution in [3.05, 3.63) is 0 Å². The molecule has 2 heterocycles. The van der Waals surface area contributed by atoms with Crippen LogP contribution >= 0.6 is 0 Å². The first kappa shape index (κ1) is 20.5. The average Bonchev–Trinajstić information content (AvgIpc) is 3.11. The number of hydrogen-bond acceptors (Lipinski definition) is 7. The van der Waals surface area contributed by atoms with Crippen LogP contribution in [0.4, 0.5) is 0 Å². The van der Waals surface area contributed by atoms with Crippen LogP contribution in [0, 0.1) is 11.5 Å². The molecule has 0 unspecified atom stereocenters. The Balaban J connectivity index is 0.000000316. The minimum absolute atomic E-state index is 0.754. The van der Waals surface area contributed by atoms with E-state index in [2.05, 4.69) is 34.1 Å². The maximum absolute atomic E-state index is 7.82. The molecule has 7 nitrogen and oxygen atoms in total. The van der Waals surface area contributed by atoms with Crippen molar-refractivity contribution in [2.45, 2.75) is 19.8 Å². The Hall–Kier alpha value is -1.52. The Morgan fingerprint density at radius 1 is 1.32 bits per heavy atom. The van der Waals surface area contributed by atoms with E-state index in [4.69, 9.17) is 11.0 Å². The number of likely N-dealkylation sites (N-methyl/N-ethyl adjacent to an activating group) is 1. The summed E-state index contributed by atoms with van der Waals surface area (Å²) in [5.74, 6) is 1.20. The number of nitrogens with zero attached hydrogens (tertiary/aromatic N) is 5. The molecule has 3 N–H and O–H groups in total. The van der Waals surface area contributed by atoms with E-state index in [9.17, 15) is 0 Å². The largest absolute Gasteiger partial charge is 0.344 e. The second kappa shape index (κ2) is 13.2. The summed E-state index contributed by atoms with van der Waals surface area (Å²) < 4.78 is 0. The number of aliphatic imine (C=N–C) groups is 1. The van der Waals surface area contributed by atoms with Crippen molar-refractivity contribution < 1.29 is 0 Å². The van der Waals surface area contributed by atoms with Crippen molar-refractivity contribution in [2.24, 2.45) is 10.7 Å². The Morgan fingerprint density at radius 2 is 2.00 bits per heavy atom. The van der Waals surface area contributed by atoms with E-state index in [1.807, 2.05) is 6.19 Å². The number of guanidine groups is 1. The highest BCUT2D eigenvalue weighted by Crippen LogP contribution is 2.10. The van der Waals surface area contributed by atoms with Crippen LogP contribution < -0.4 is 11.1 Å². The predicted molar refractivity (Wildman–Crippen MR) is 92.6 cm³/mol. The van der Waals surface area contributed by atoms with Gasteiger partial charge in [0.1, 0.15) is 0 Å². The summed E-state index contributed by atoms with van der Waals surface area (Å²) in [4.78, 5) is 10.3. The molecule has 0 aromatic heterocycles. The maximum atomic E-state index is 7.82. The van der Waals surface area contributed by atoms with Crippen molar-refractivity contribution in [1.82, 2.24) is 20.0 Å². The summed E-state index contributed by atoms with van der Waals surface area (Å²) in [6, 6.07) is 0. The molecule has 0 saturated carbocycles. The highest BCUT2D eigenvalue weighted by atomic mass is 15.4. The van der Waals surface area contributed by atoms with Crippen LogP contribution in [0.3, 0.4) is 0 Å².